The van der Waals surface area contributed by atoms with Crippen molar-refractivity contribution >= 4 is 29.2 Å². The van der Waals surface area contributed by atoms with Gasteiger partial charge in [-0.05, 0) is 13.3 Å². The van der Waals surface area contributed by atoms with Gasteiger partial charge in [0.05, 0.1) is 6.10 Å². The van der Waals surface area contributed by atoms with Crippen molar-refractivity contribution in [3.8, 4) is 0 Å². The largest absolute Gasteiger partial charge is 0.382 e. The summed E-state index contributed by atoms with van der Waals surface area (Å²) >= 11 is 7.62. The second-order valence-corrected chi connectivity index (χ2v) is 5.00. The van der Waals surface area contributed by atoms with E-state index in [1.165, 1.54) is 6.33 Å². The third kappa shape index (κ3) is 2.35. The van der Waals surface area contributed by atoms with Crippen molar-refractivity contribution in [2.75, 3.05) is 12.3 Å². The number of rotatable bonds is 2. The van der Waals surface area contributed by atoms with Crippen LogP contribution >= 0.6 is 23.4 Å². The molecular formula is C9H12ClN3OS. The molecule has 0 aliphatic carbocycles. The molecule has 0 radical (unpaired) electrons. The summed E-state index contributed by atoms with van der Waals surface area (Å²) in [5.41, 5.74) is 5.60. The zero-order chi connectivity index (χ0) is 10.8. The van der Waals surface area contributed by atoms with Crippen molar-refractivity contribution in [2.45, 2.75) is 29.7 Å². The monoisotopic (exact) mass is 245 g/mol. The fourth-order valence-corrected chi connectivity index (χ4v) is 2.78. The van der Waals surface area contributed by atoms with Crippen molar-refractivity contribution in [1.82, 2.24) is 9.97 Å². The van der Waals surface area contributed by atoms with Crippen LogP contribution in [0.2, 0.25) is 5.02 Å². The van der Waals surface area contributed by atoms with E-state index in [0.717, 1.165) is 18.1 Å². The molecule has 15 heavy (non-hydrogen) atoms. The van der Waals surface area contributed by atoms with Crippen molar-refractivity contribution < 1.29 is 4.74 Å². The van der Waals surface area contributed by atoms with E-state index in [9.17, 15) is 0 Å². The second kappa shape index (κ2) is 4.55. The average Bonchev–Trinajstić information content (AvgIpc) is 2.60. The normalized spacial score (nSPS) is 25.7. The zero-order valence-corrected chi connectivity index (χ0v) is 9.88. The molecule has 2 heterocycles. The highest BCUT2D eigenvalue weighted by Gasteiger charge is 2.26. The van der Waals surface area contributed by atoms with Gasteiger partial charge < -0.3 is 10.5 Å². The van der Waals surface area contributed by atoms with Crippen LogP contribution in [-0.2, 0) is 4.74 Å². The molecule has 1 aromatic heterocycles. The van der Waals surface area contributed by atoms with Crippen LogP contribution in [-0.4, -0.2) is 27.9 Å². The summed E-state index contributed by atoms with van der Waals surface area (Å²) < 4.78 is 5.47. The second-order valence-electron chi connectivity index (χ2n) is 3.40. The molecule has 0 saturated carbocycles. The molecule has 4 nitrogen and oxygen atoms in total. The first kappa shape index (κ1) is 11.0. The van der Waals surface area contributed by atoms with Gasteiger partial charge in [-0.25, -0.2) is 9.97 Å². The minimum Gasteiger partial charge on any atom is -0.382 e. The topological polar surface area (TPSA) is 61.0 Å². The van der Waals surface area contributed by atoms with Crippen LogP contribution in [0.5, 0.6) is 0 Å². The standard InChI is InChI=1S/C9H12ClN3OS/c1-5-6(2-3-14-5)15-9-7(10)8(11)12-4-13-9/h4-6H,2-3H2,1H3,(H2,11,12,13). The molecule has 1 aromatic rings. The number of hydrogen-bond acceptors (Lipinski definition) is 5. The number of halogens is 1. The van der Waals surface area contributed by atoms with Gasteiger partial charge in [-0.3, -0.25) is 0 Å². The first-order chi connectivity index (χ1) is 7.18. The minimum absolute atomic E-state index is 0.238. The number of nitrogens with zero attached hydrogens (tertiary/aromatic N) is 2. The molecule has 0 bridgehead atoms. The predicted octanol–water partition coefficient (Wildman–Crippen LogP) is 1.98. The highest BCUT2D eigenvalue weighted by Crippen LogP contribution is 2.36. The maximum atomic E-state index is 6.01. The first-order valence-corrected chi connectivity index (χ1v) is 5.98. The molecule has 1 aliphatic heterocycles. The summed E-state index contributed by atoms with van der Waals surface area (Å²) in [5, 5.41) is 1.59. The summed E-state index contributed by atoms with van der Waals surface area (Å²) in [7, 11) is 0. The molecule has 2 atom stereocenters. The number of nitrogen functional groups attached to an aromatic ring is 1. The van der Waals surface area contributed by atoms with Crippen LogP contribution in [0.4, 0.5) is 5.82 Å². The molecule has 2 rings (SSSR count). The molecule has 2 N–H and O–H groups in total. The molecule has 0 aromatic carbocycles. The molecule has 1 saturated heterocycles. The molecule has 82 valence electrons. The average molecular weight is 246 g/mol. The molecule has 2 unspecified atom stereocenters. The quantitative estimate of drug-likeness (QED) is 0.808. The maximum absolute atomic E-state index is 6.01. The lowest BCUT2D eigenvalue weighted by Gasteiger charge is -2.13. The van der Waals surface area contributed by atoms with Crippen molar-refractivity contribution in [3.05, 3.63) is 11.3 Å². The Labute approximate surface area is 97.6 Å². The summed E-state index contributed by atoms with van der Waals surface area (Å²) in [5.74, 6) is 0.334. The Morgan fingerprint density at radius 1 is 1.60 bits per heavy atom. The molecular weight excluding hydrogens is 234 g/mol. The van der Waals surface area contributed by atoms with Gasteiger partial charge in [0.2, 0.25) is 0 Å². The van der Waals surface area contributed by atoms with Crippen LogP contribution in [0.1, 0.15) is 13.3 Å². The van der Waals surface area contributed by atoms with E-state index in [4.69, 9.17) is 22.1 Å². The third-order valence-corrected chi connectivity index (χ3v) is 4.29. The number of aromatic nitrogens is 2. The fourth-order valence-electron chi connectivity index (χ4n) is 1.46. The Balaban J connectivity index is 2.13. The first-order valence-electron chi connectivity index (χ1n) is 4.72. The van der Waals surface area contributed by atoms with Gasteiger partial charge >= 0.3 is 0 Å². The number of hydrogen-bond donors (Lipinski definition) is 1. The summed E-state index contributed by atoms with van der Waals surface area (Å²) in [4.78, 5) is 7.94. The lowest BCUT2D eigenvalue weighted by molar-refractivity contribution is 0.127. The minimum atomic E-state index is 0.238. The Morgan fingerprint density at radius 3 is 3.07 bits per heavy atom. The van der Waals surface area contributed by atoms with Gasteiger partial charge in [0.15, 0.2) is 0 Å². The van der Waals surface area contributed by atoms with E-state index in [-0.39, 0.29) is 6.10 Å². The Bertz CT molecular complexity index is 363. The highest BCUT2D eigenvalue weighted by atomic mass is 35.5. The third-order valence-electron chi connectivity index (χ3n) is 2.35. The molecule has 6 heteroatoms. The molecule has 1 fully saturated rings. The Hall–Kier alpha value is -0.520. The van der Waals surface area contributed by atoms with E-state index >= 15 is 0 Å². The maximum Gasteiger partial charge on any atom is 0.146 e. The lowest BCUT2D eigenvalue weighted by atomic mass is 10.3. The Kier molecular flexibility index (Phi) is 3.33. The van der Waals surface area contributed by atoms with Crippen molar-refractivity contribution in [3.63, 3.8) is 0 Å². The van der Waals surface area contributed by atoms with E-state index in [2.05, 4.69) is 16.9 Å². The van der Waals surface area contributed by atoms with E-state index in [0.29, 0.717) is 16.1 Å². The molecule has 0 spiro atoms. The number of ether oxygens (including phenoxy) is 1. The summed E-state index contributed by atoms with van der Waals surface area (Å²) in [6, 6.07) is 0. The van der Waals surface area contributed by atoms with Gasteiger partial charge in [0.1, 0.15) is 22.2 Å². The molecule has 0 amide bonds. The number of thioether (sulfide) groups is 1. The van der Waals surface area contributed by atoms with Crippen LogP contribution in [0.15, 0.2) is 11.4 Å². The fraction of sp³-hybridized carbons (Fsp3) is 0.556. The van der Waals surface area contributed by atoms with Gasteiger partial charge in [-0.1, -0.05) is 23.4 Å². The van der Waals surface area contributed by atoms with E-state index in [1.54, 1.807) is 11.8 Å². The van der Waals surface area contributed by atoms with Gasteiger partial charge in [-0.2, -0.15) is 0 Å². The van der Waals surface area contributed by atoms with Crippen LogP contribution in [0, 0.1) is 0 Å². The van der Waals surface area contributed by atoms with E-state index < -0.39 is 0 Å². The van der Waals surface area contributed by atoms with Crippen molar-refractivity contribution in [1.29, 1.82) is 0 Å². The lowest BCUT2D eigenvalue weighted by Crippen LogP contribution is -2.13. The van der Waals surface area contributed by atoms with Crippen molar-refractivity contribution in [2.24, 2.45) is 0 Å². The number of anilines is 1. The van der Waals surface area contributed by atoms with Crippen LogP contribution < -0.4 is 5.73 Å². The van der Waals surface area contributed by atoms with Crippen LogP contribution in [0.3, 0.4) is 0 Å². The van der Waals surface area contributed by atoms with Crippen LogP contribution in [0.25, 0.3) is 0 Å². The number of nitrogens with two attached hydrogens (primary N) is 1. The smallest absolute Gasteiger partial charge is 0.146 e. The predicted molar refractivity (Wildman–Crippen MR) is 61.1 cm³/mol. The SMILES string of the molecule is CC1OCCC1Sc1ncnc(N)c1Cl. The zero-order valence-electron chi connectivity index (χ0n) is 8.31. The van der Waals surface area contributed by atoms with Gasteiger partial charge in [0.25, 0.3) is 0 Å². The Morgan fingerprint density at radius 2 is 2.40 bits per heavy atom. The molecule has 1 aliphatic rings. The summed E-state index contributed by atoms with van der Waals surface area (Å²) in [6.45, 7) is 2.86. The van der Waals surface area contributed by atoms with Gasteiger partial charge in [-0.15, -0.1) is 0 Å². The highest BCUT2D eigenvalue weighted by molar-refractivity contribution is 8.00. The summed E-state index contributed by atoms with van der Waals surface area (Å²) in [6.07, 6.45) is 2.69. The van der Waals surface area contributed by atoms with E-state index in [1.807, 2.05) is 0 Å². The van der Waals surface area contributed by atoms with Gasteiger partial charge in [0, 0.05) is 11.9 Å².